The van der Waals surface area contributed by atoms with Gasteiger partial charge in [-0.2, -0.15) is 8.42 Å². The summed E-state index contributed by atoms with van der Waals surface area (Å²) in [4.78, 5) is -0.525. The molecule has 0 radical (unpaired) electrons. The second-order valence-electron chi connectivity index (χ2n) is 2.61. The van der Waals surface area contributed by atoms with Crippen molar-refractivity contribution in [1.29, 1.82) is 10.8 Å². The molecule has 0 aromatic heterocycles. The van der Waals surface area contributed by atoms with E-state index < -0.39 is 20.7 Å². The molecule has 0 saturated heterocycles. The van der Waals surface area contributed by atoms with Crippen LogP contribution in [0.3, 0.4) is 0 Å². The van der Waals surface area contributed by atoms with Gasteiger partial charge in [0.15, 0.2) is 0 Å². The first-order valence-corrected chi connectivity index (χ1v) is 4.82. The molecular formula is C7H8N2O3S. The molecule has 0 heterocycles. The molecule has 0 spiro atoms. The standard InChI is InChI=1S/C7H8N2O3S/c1-4-2-3-5(13(10,11)12)7(9)6(4)8/h2-3,8-9H,1H3,(H,10,11,12). The summed E-state index contributed by atoms with van der Waals surface area (Å²) < 4.78 is 30.0. The van der Waals surface area contributed by atoms with Crippen LogP contribution in [0.2, 0.25) is 0 Å². The second-order valence-corrected chi connectivity index (χ2v) is 4.00. The van der Waals surface area contributed by atoms with Gasteiger partial charge in [0.25, 0.3) is 10.1 Å². The molecule has 6 heteroatoms. The Morgan fingerprint density at radius 3 is 2.23 bits per heavy atom. The van der Waals surface area contributed by atoms with E-state index in [0.717, 1.165) is 6.08 Å². The molecule has 5 nitrogen and oxygen atoms in total. The molecule has 0 atom stereocenters. The van der Waals surface area contributed by atoms with Gasteiger partial charge in [-0.05, 0) is 18.6 Å². The van der Waals surface area contributed by atoms with Gasteiger partial charge >= 0.3 is 0 Å². The maximum absolute atomic E-state index is 10.7. The van der Waals surface area contributed by atoms with Gasteiger partial charge in [-0.1, -0.05) is 6.08 Å². The average molecular weight is 200 g/mol. The maximum Gasteiger partial charge on any atom is 0.296 e. The SMILES string of the molecule is CC1=CC=C(S(=O)(=O)O)C(=N)C1=N. The van der Waals surface area contributed by atoms with E-state index in [-0.39, 0.29) is 5.71 Å². The average Bonchev–Trinajstić information content (AvgIpc) is 1.98. The Kier molecular flexibility index (Phi) is 2.19. The molecule has 0 aromatic carbocycles. The minimum absolute atomic E-state index is 0.185. The molecule has 0 unspecified atom stereocenters. The molecule has 3 N–H and O–H groups in total. The van der Waals surface area contributed by atoms with Crippen LogP contribution in [0, 0.1) is 10.8 Å². The van der Waals surface area contributed by atoms with Gasteiger partial charge < -0.3 is 0 Å². The number of hydrogen-bond donors (Lipinski definition) is 3. The van der Waals surface area contributed by atoms with E-state index in [1.807, 2.05) is 0 Å². The maximum atomic E-state index is 10.7. The van der Waals surface area contributed by atoms with Gasteiger partial charge in [0, 0.05) is 0 Å². The Hall–Kier alpha value is -1.27. The van der Waals surface area contributed by atoms with Crippen molar-refractivity contribution >= 4 is 21.5 Å². The normalized spacial score (nSPS) is 18.3. The fraction of sp³-hybridized carbons (Fsp3) is 0.143. The second kappa shape index (κ2) is 2.90. The monoisotopic (exact) mass is 200 g/mol. The van der Waals surface area contributed by atoms with Crippen molar-refractivity contribution < 1.29 is 13.0 Å². The number of rotatable bonds is 1. The van der Waals surface area contributed by atoms with E-state index in [4.69, 9.17) is 15.4 Å². The van der Waals surface area contributed by atoms with Crippen LogP contribution in [0.4, 0.5) is 0 Å². The molecule has 0 bridgehead atoms. The topological polar surface area (TPSA) is 102 Å². The molecule has 1 aliphatic rings. The fourth-order valence-electron chi connectivity index (χ4n) is 0.903. The Bertz CT molecular complexity index is 442. The van der Waals surface area contributed by atoms with Gasteiger partial charge in [0.2, 0.25) is 0 Å². The summed E-state index contributed by atoms with van der Waals surface area (Å²) in [5.41, 5.74) is -0.157. The van der Waals surface area contributed by atoms with E-state index in [9.17, 15) is 8.42 Å². The molecule has 0 aliphatic heterocycles. The molecule has 1 rings (SSSR count). The van der Waals surface area contributed by atoms with Gasteiger partial charge in [0.05, 0.1) is 5.71 Å². The summed E-state index contributed by atoms with van der Waals surface area (Å²) >= 11 is 0. The third-order valence-corrected chi connectivity index (χ3v) is 2.55. The molecule has 0 fully saturated rings. The van der Waals surface area contributed by atoms with Gasteiger partial charge in [-0.25, -0.2) is 0 Å². The molecule has 70 valence electrons. The first-order chi connectivity index (χ1) is 5.84. The van der Waals surface area contributed by atoms with Crippen molar-refractivity contribution in [2.24, 2.45) is 0 Å². The molecule has 0 saturated carbocycles. The van der Waals surface area contributed by atoms with Gasteiger partial charge in [0.1, 0.15) is 10.6 Å². The van der Waals surface area contributed by atoms with Crippen LogP contribution < -0.4 is 0 Å². The smallest absolute Gasteiger partial charge is 0.296 e. The third kappa shape index (κ3) is 1.73. The highest BCUT2D eigenvalue weighted by atomic mass is 32.2. The lowest BCUT2D eigenvalue weighted by Gasteiger charge is -2.11. The summed E-state index contributed by atoms with van der Waals surface area (Å²) in [6.45, 7) is 1.59. The van der Waals surface area contributed by atoms with Crippen LogP contribution in [0.15, 0.2) is 22.6 Å². The van der Waals surface area contributed by atoms with Crippen molar-refractivity contribution in [3.05, 3.63) is 22.6 Å². The summed E-state index contributed by atoms with van der Waals surface area (Å²) in [5.74, 6) is 0. The molecule has 13 heavy (non-hydrogen) atoms. The van der Waals surface area contributed by atoms with Crippen LogP contribution in [0.1, 0.15) is 6.92 Å². The highest BCUT2D eigenvalue weighted by Crippen LogP contribution is 2.15. The van der Waals surface area contributed by atoms with Crippen molar-refractivity contribution in [3.8, 4) is 0 Å². The zero-order valence-electron chi connectivity index (χ0n) is 6.83. The highest BCUT2D eigenvalue weighted by Gasteiger charge is 2.24. The van der Waals surface area contributed by atoms with Crippen LogP contribution >= 0.6 is 0 Å². The van der Waals surface area contributed by atoms with Crippen molar-refractivity contribution in [3.63, 3.8) is 0 Å². The summed E-state index contributed by atoms with van der Waals surface area (Å²) in [7, 11) is -4.38. The summed E-state index contributed by atoms with van der Waals surface area (Å²) in [5, 5.41) is 14.6. The molecule has 1 aliphatic carbocycles. The molecule has 0 aromatic rings. The van der Waals surface area contributed by atoms with Crippen LogP contribution in [0.25, 0.3) is 0 Å². The minimum atomic E-state index is -4.38. The third-order valence-electron chi connectivity index (χ3n) is 1.65. The highest BCUT2D eigenvalue weighted by molar-refractivity contribution is 7.91. The Balaban J connectivity index is 3.32. The van der Waals surface area contributed by atoms with E-state index in [0.29, 0.717) is 5.57 Å². The van der Waals surface area contributed by atoms with Crippen LogP contribution in [-0.4, -0.2) is 24.4 Å². The lowest BCUT2D eigenvalue weighted by atomic mass is 10.0. The molecule has 0 amide bonds. The van der Waals surface area contributed by atoms with E-state index in [2.05, 4.69) is 0 Å². The van der Waals surface area contributed by atoms with E-state index in [1.165, 1.54) is 6.08 Å². The van der Waals surface area contributed by atoms with Crippen molar-refractivity contribution in [2.45, 2.75) is 6.92 Å². The van der Waals surface area contributed by atoms with E-state index >= 15 is 0 Å². The number of hydrogen-bond acceptors (Lipinski definition) is 4. The number of nitrogens with one attached hydrogen (secondary N) is 2. The van der Waals surface area contributed by atoms with E-state index in [1.54, 1.807) is 6.92 Å². The lowest BCUT2D eigenvalue weighted by molar-refractivity contribution is 0.493. The molecular weight excluding hydrogens is 192 g/mol. The van der Waals surface area contributed by atoms with Crippen LogP contribution in [0.5, 0.6) is 0 Å². The largest absolute Gasteiger partial charge is 0.298 e. The Morgan fingerprint density at radius 1 is 1.23 bits per heavy atom. The number of allylic oxidation sites excluding steroid dienone is 4. The summed E-state index contributed by atoms with van der Waals surface area (Å²) in [6, 6.07) is 0. The minimum Gasteiger partial charge on any atom is -0.298 e. The zero-order valence-corrected chi connectivity index (χ0v) is 7.64. The first kappa shape index (κ1) is 9.82. The quantitative estimate of drug-likeness (QED) is 0.430. The zero-order chi connectivity index (χ0) is 10.2. The Labute approximate surface area is 75.5 Å². The summed E-state index contributed by atoms with van der Waals surface area (Å²) in [6.07, 6.45) is 2.49. The van der Waals surface area contributed by atoms with Crippen LogP contribution in [-0.2, 0) is 10.1 Å². The van der Waals surface area contributed by atoms with Crippen molar-refractivity contribution in [2.75, 3.05) is 0 Å². The first-order valence-electron chi connectivity index (χ1n) is 3.38. The van der Waals surface area contributed by atoms with Crippen molar-refractivity contribution in [1.82, 2.24) is 0 Å². The Morgan fingerprint density at radius 2 is 1.77 bits per heavy atom. The van der Waals surface area contributed by atoms with Gasteiger partial charge in [-0.3, -0.25) is 15.4 Å². The fourth-order valence-corrected chi connectivity index (χ4v) is 1.50. The lowest BCUT2D eigenvalue weighted by Crippen LogP contribution is -2.23. The predicted molar refractivity (Wildman–Crippen MR) is 48.8 cm³/mol. The van der Waals surface area contributed by atoms with Gasteiger partial charge in [-0.15, -0.1) is 0 Å². The predicted octanol–water partition coefficient (Wildman–Crippen LogP) is 0.758.